The van der Waals surface area contributed by atoms with Crippen molar-refractivity contribution in [3.8, 4) is 0 Å². The summed E-state index contributed by atoms with van der Waals surface area (Å²) in [4.78, 5) is 4.79. The van der Waals surface area contributed by atoms with Gasteiger partial charge in [-0.25, -0.2) is 4.98 Å². The summed E-state index contributed by atoms with van der Waals surface area (Å²) >= 11 is 0. The van der Waals surface area contributed by atoms with Crippen LogP contribution in [0, 0.1) is 0 Å². The first-order chi connectivity index (χ1) is 8.95. The van der Waals surface area contributed by atoms with Crippen LogP contribution in [0.5, 0.6) is 0 Å². The molecule has 0 saturated heterocycles. The zero-order valence-corrected chi connectivity index (χ0v) is 12.6. The van der Waals surface area contributed by atoms with Gasteiger partial charge in [-0.1, -0.05) is 26.8 Å². The molecule has 2 rings (SSSR count). The molecular weight excluding hydrogens is 234 g/mol. The smallest absolute Gasteiger partial charge is 0.127 e. The van der Waals surface area contributed by atoms with Gasteiger partial charge in [0.15, 0.2) is 0 Å². The number of nitrogens with two attached hydrogens (primary N) is 1. The van der Waals surface area contributed by atoms with Crippen LogP contribution in [0.4, 0.5) is 0 Å². The average Bonchev–Trinajstić information content (AvgIpc) is 2.75. The van der Waals surface area contributed by atoms with Crippen LogP contribution in [-0.4, -0.2) is 9.55 Å². The topological polar surface area (TPSA) is 43.8 Å². The first-order valence-electron chi connectivity index (χ1n) is 7.23. The van der Waals surface area contributed by atoms with Crippen LogP contribution in [0.25, 0.3) is 11.0 Å². The van der Waals surface area contributed by atoms with E-state index < -0.39 is 0 Å². The van der Waals surface area contributed by atoms with E-state index in [0.717, 1.165) is 17.8 Å². The molecule has 0 fully saturated rings. The van der Waals surface area contributed by atoms with E-state index in [2.05, 4.69) is 57.4 Å². The summed E-state index contributed by atoms with van der Waals surface area (Å²) in [6.07, 6.45) is 0.910. The minimum atomic E-state index is 0.0114. The maximum atomic E-state index is 6.21. The molecule has 0 spiro atoms. The number of benzene rings is 1. The molecule has 1 heterocycles. The number of aromatic nitrogens is 2. The van der Waals surface area contributed by atoms with Gasteiger partial charge in [-0.15, -0.1) is 0 Å². The van der Waals surface area contributed by atoms with Crippen molar-refractivity contribution in [1.82, 2.24) is 9.55 Å². The molecule has 0 amide bonds. The van der Waals surface area contributed by atoms with Gasteiger partial charge in [-0.05, 0) is 43.9 Å². The minimum Gasteiger partial charge on any atom is -0.324 e. The van der Waals surface area contributed by atoms with Crippen molar-refractivity contribution >= 4 is 11.0 Å². The molecule has 0 saturated carbocycles. The van der Waals surface area contributed by atoms with E-state index in [4.69, 9.17) is 10.7 Å². The summed E-state index contributed by atoms with van der Waals surface area (Å²) < 4.78 is 2.27. The summed E-state index contributed by atoms with van der Waals surface area (Å²) in [7, 11) is 0. The van der Waals surface area contributed by atoms with Crippen molar-refractivity contribution in [3.05, 3.63) is 29.6 Å². The van der Waals surface area contributed by atoms with E-state index >= 15 is 0 Å². The monoisotopic (exact) mass is 259 g/mol. The highest BCUT2D eigenvalue weighted by atomic mass is 15.1. The highest BCUT2D eigenvalue weighted by Gasteiger charge is 2.18. The maximum absolute atomic E-state index is 6.21. The molecule has 2 N–H and O–H groups in total. The van der Waals surface area contributed by atoms with Gasteiger partial charge in [0.2, 0.25) is 0 Å². The zero-order chi connectivity index (χ0) is 14.2. The summed E-state index contributed by atoms with van der Waals surface area (Å²) in [5, 5.41) is 0. The van der Waals surface area contributed by atoms with Crippen LogP contribution in [0.1, 0.15) is 70.4 Å². The standard InChI is InChI=1S/C16H25N3/c1-6-13(17)16-18-14-9-12(10(2)3)7-8-15(14)19(16)11(4)5/h7-11,13H,6,17H2,1-5H3. The number of nitrogens with zero attached hydrogens (tertiary/aromatic N) is 2. The van der Waals surface area contributed by atoms with Crippen LogP contribution in [0.2, 0.25) is 0 Å². The highest BCUT2D eigenvalue weighted by molar-refractivity contribution is 5.77. The van der Waals surface area contributed by atoms with E-state index in [9.17, 15) is 0 Å². The molecule has 3 heteroatoms. The van der Waals surface area contributed by atoms with Crippen molar-refractivity contribution in [1.29, 1.82) is 0 Å². The van der Waals surface area contributed by atoms with Crippen molar-refractivity contribution in [2.75, 3.05) is 0 Å². The predicted molar refractivity (Wildman–Crippen MR) is 81.4 cm³/mol. The predicted octanol–water partition coefficient (Wildman–Crippen LogP) is 4.15. The first-order valence-corrected chi connectivity index (χ1v) is 7.23. The fraction of sp³-hybridized carbons (Fsp3) is 0.562. The van der Waals surface area contributed by atoms with Crippen LogP contribution < -0.4 is 5.73 Å². The SMILES string of the molecule is CCC(N)c1nc2cc(C(C)C)ccc2n1C(C)C. The number of hydrogen-bond donors (Lipinski definition) is 1. The normalized spacial score (nSPS) is 13.7. The maximum Gasteiger partial charge on any atom is 0.127 e. The highest BCUT2D eigenvalue weighted by Crippen LogP contribution is 2.27. The van der Waals surface area contributed by atoms with E-state index in [1.54, 1.807) is 0 Å². The molecule has 0 aliphatic heterocycles. The van der Waals surface area contributed by atoms with E-state index in [1.807, 2.05) is 0 Å². The lowest BCUT2D eigenvalue weighted by atomic mass is 10.0. The van der Waals surface area contributed by atoms with Gasteiger partial charge in [-0.3, -0.25) is 0 Å². The number of imidazole rings is 1. The van der Waals surface area contributed by atoms with Gasteiger partial charge < -0.3 is 10.3 Å². The molecule has 1 aromatic heterocycles. The van der Waals surface area contributed by atoms with E-state index in [1.165, 1.54) is 11.1 Å². The Labute approximate surface area is 115 Å². The van der Waals surface area contributed by atoms with Crippen LogP contribution >= 0.6 is 0 Å². The van der Waals surface area contributed by atoms with E-state index in [0.29, 0.717) is 12.0 Å². The van der Waals surface area contributed by atoms with Gasteiger partial charge in [-0.2, -0.15) is 0 Å². The van der Waals surface area contributed by atoms with Crippen LogP contribution in [0.15, 0.2) is 18.2 Å². The van der Waals surface area contributed by atoms with Crippen LogP contribution in [-0.2, 0) is 0 Å². The number of hydrogen-bond acceptors (Lipinski definition) is 2. The van der Waals surface area contributed by atoms with Crippen molar-refractivity contribution in [2.24, 2.45) is 5.73 Å². The molecule has 0 bridgehead atoms. The fourth-order valence-electron chi connectivity index (χ4n) is 2.48. The van der Waals surface area contributed by atoms with Gasteiger partial charge >= 0.3 is 0 Å². The fourth-order valence-corrected chi connectivity index (χ4v) is 2.48. The number of rotatable bonds is 4. The Bertz CT molecular complexity index is 567. The first kappa shape index (κ1) is 14.1. The Morgan fingerprint density at radius 3 is 2.42 bits per heavy atom. The summed E-state index contributed by atoms with van der Waals surface area (Å²) in [6.45, 7) is 10.9. The average molecular weight is 259 g/mol. The largest absolute Gasteiger partial charge is 0.324 e. The molecule has 2 aromatic rings. The lowest BCUT2D eigenvalue weighted by Gasteiger charge is -2.16. The van der Waals surface area contributed by atoms with Gasteiger partial charge in [0.1, 0.15) is 5.82 Å². The third-order valence-electron chi connectivity index (χ3n) is 3.70. The Kier molecular flexibility index (Phi) is 3.95. The van der Waals surface area contributed by atoms with Gasteiger partial charge in [0.25, 0.3) is 0 Å². The third-order valence-corrected chi connectivity index (χ3v) is 3.70. The molecule has 0 aliphatic rings. The van der Waals surface area contributed by atoms with Crippen molar-refractivity contribution in [2.45, 2.75) is 59.0 Å². The molecule has 3 nitrogen and oxygen atoms in total. The van der Waals surface area contributed by atoms with Crippen molar-refractivity contribution in [3.63, 3.8) is 0 Å². The Balaban J connectivity index is 2.65. The molecule has 0 radical (unpaired) electrons. The molecular formula is C16H25N3. The quantitative estimate of drug-likeness (QED) is 0.896. The molecule has 0 aliphatic carbocycles. The Morgan fingerprint density at radius 2 is 1.89 bits per heavy atom. The second-order valence-electron chi connectivity index (χ2n) is 5.85. The molecule has 1 unspecified atom stereocenters. The van der Waals surface area contributed by atoms with Crippen molar-refractivity contribution < 1.29 is 0 Å². The molecule has 104 valence electrons. The lowest BCUT2D eigenvalue weighted by molar-refractivity contribution is 0.535. The van der Waals surface area contributed by atoms with Gasteiger partial charge in [0, 0.05) is 6.04 Å². The molecule has 1 aromatic carbocycles. The second-order valence-corrected chi connectivity index (χ2v) is 5.85. The zero-order valence-electron chi connectivity index (χ0n) is 12.6. The lowest BCUT2D eigenvalue weighted by Crippen LogP contribution is -2.17. The molecule has 19 heavy (non-hydrogen) atoms. The molecule has 1 atom stereocenters. The second kappa shape index (κ2) is 5.33. The summed E-state index contributed by atoms with van der Waals surface area (Å²) in [5.41, 5.74) is 9.80. The Morgan fingerprint density at radius 1 is 1.21 bits per heavy atom. The van der Waals surface area contributed by atoms with Gasteiger partial charge in [0.05, 0.1) is 17.1 Å². The summed E-state index contributed by atoms with van der Waals surface area (Å²) in [6, 6.07) is 6.98. The minimum absolute atomic E-state index is 0.0114. The van der Waals surface area contributed by atoms with Crippen LogP contribution in [0.3, 0.4) is 0 Å². The summed E-state index contributed by atoms with van der Waals surface area (Å²) in [5.74, 6) is 1.53. The Hall–Kier alpha value is -1.35. The third kappa shape index (κ3) is 2.52. The van der Waals surface area contributed by atoms with E-state index in [-0.39, 0.29) is 6.04 Å². The number of fused-ring (bicyclic) bond motifs is 1.